The van der Waals surface area contributed by atoms with Gasteiger partial charge in [0.05, 0.1) is 31.3 Å². The van der Waals surface area contributed by atoms with Crippen molar-refractivity contribution in [1.29, 1.82) is 0 Å². The Kier molecular flexibility index (Phi) is 36.7. The highest BCUT2D eigenvalue weighted by molar-refractivity contribution is 7.47. The van der Waals surface area contributed by atoms with Crippen LogP contribution < -0.4 is 5.32 Å². The van der Waals surface area contributed by atoms with Crippen LogP contribution in [0.4, 0.5) is 0 Å². The average molecular weight is 910 g/mol. The van der Waals surface area contributed by atoms with Gasteiger partial charge in [0.1, 0.15) is 36.6 Å². The van der Waals surface area contributed by atoms with Crippen LogP contribution in [0.15, 0.2) is 0 Å². The van der Waals surface area contributed by atoms with Crippen LogP contribution in [-0.4, -0.2) is 108 Å². The number of phosphoric ester groups is 1. The van der Waals surface area contributed by atoms with Crippen molar-refractivity contribution >= 4 is 13.7 Å². The summed E-state index contributed by atoms with van der Waals surface area (Å²) in [5.41, 5.74) is 0. The van der Waals surface area contributed by atoms with E-state index >= 15 is 0 Å². The largest absolute Gasteiger partial charge is 0.472 e. The minimum atomic E-state index is -5.11. The van der Waals surface area contributed by atoms with Gasteiger partial charge in [0.25, 0.3) is 0 Å². The Hall–Kier alpha value is -0.700. The zero-order chi connectivity index (χ0) is 45.9. The van der Waals surface area contributed by atoms with Crippen molar-refractivity contribution in [3.63, 3.8) is 0 Å². The highest BCUT2D eigenvalue weighted by Gasteiger charge is 2.51. The van der Waals surface area contributed by atoms with Crippen LogP contribution in [0.25, 0.3) is 0 Å². The van der Waals surface area contributed by atoms with Crippen LogP contribution in [0.1, 0.15) is 239 Å². The summed E-state index contributed by atoms with van der Waals surface area (Å²) in [4.78, 5) is 23.5. The van der Waals surface area contributed by atoms with E-state index in [0.717, 1.165) is 51.4 Å². The molecule has 0 aromatic carbocycles. The zero-order valence-corrected chi connectivity index (χ0v) is 40.2. The number of nitrogens with one attached hydrogen (secondary N) is 1. The van der Waals surface area contributed by atoms with E-state index in [1.54, 1.807) is 0 Å². The molecule has 370 valence electrons. The smallest absolute Gasteiger partial charge is 0.393 e. The molecule has 0 aromatic rings. The van der Waals surface area contributed by atoms with Crippen molar-refractivity contribution in [2.75, 3.05) is 6.61 Å². The second-order valence-electron chi connectivity index (χ2n) is 18.6. The summed E-state index contributed by atoms with van der Waals surface area (Å²) in [5.74, 6) is -0.555. The van der Waals surface area contributed by atoms with Gasteiger partial charge in [-0.05, 0) is 12.8 Å². The number of carbonyl (C=O) groups is 1. The molecule has 0 aliphatic heterocycles. The highest BCUT2D eigenvalue weighted by Crippen LogP contribution is 2.47. The summed E-state index contributed by atoms with van der Waals surface area (Å²) < 4.78 is 23.0. The number of amides is 1. The van der Waals surface area contributed by atoms with Crippen LogP contribution >= 0.6 is 7.82 Å². The molecular formula is C48H96NO12P. The summed E-state index contributed by atoms with van der Waals surface area (Å²) in [5, 5.41) is 74.8. The Balaban J connectivity index is 2.47. The minimum Gasteiger partial charge on any atom is -0.393 e. The lowest BCUT2D eigenvalue weighted by Gasteiger charge is -2.41. The number of aliphatic hydroxyl groups is 7. The number of rotatable bonds is 43. The summed E-state index contributed by atoms with van der Waals surface area (Å²) >= 11 is 0. The predicted molar refractivity (Wildman–Crippen MR) is 248 cm³/mol. The lowest BCUT2D eigenvalue weighted by molar-refractivity contribution is -0.220. The maximum atomic E-state index is 13.0. The molecule has 13 nitrogen and oxygen atoms in total. The number of carbonyl (C=O) groups excluding carboxylic acids is 1. The molecule has 0 heterocycles. The quantitative estimate of drug-likeness (QED) is 0.0206. The third kappa shape index (κ3) is 29.8. The van der Waals surface area contributed by atoms with Crippen LogP contribution in [0.5, 0.6) is 0 Å². The predicted octanol–water partition coefficient (Wildman–Crippen LogP) is 9.21. The van der Waals surface area contributed by atoms with Gasteiger partial charge < -0.3 is 46.0 Å². The Morgan fingerprint density at radius 1 is 0.500 bits per heavy atom. The van der Waals surface area contributed by atoms with Crippen LogP contribution in [-0.2, 0) is 18.4 Å². The summed E-state index contributed by atoms with van der Waals surface area (Å²) in [6.45, 7) is 3.82. The Morgan fingerprint density at radius 3 is 1.16 bits per heavy atom. The number of hydrogen-bond acceptors (Lipinski definition) is 11. The molecule has 1 fully saturated rings. The monoisotopic (exact) mass is 910 g/mol. The number of unbranched alkanes of at least 4 members (excludes halogenated alkanes) is 30. The molecule has 8 atom stereocenters. The van der Waals surface area contributed by atoms with Crippen LogP contribution in [0.3, 0.4) is 0 Å². The van der Waals surface area contributed by atoms with E-state index in [0.29, 0.717) is 12.8 Å². The molecule has 9 N–H and O–H groups in total. The van der Waals surface area contributed by atoms with Crippen molar-refractivity contribution in [2.45, 2.75) is 293 Å². The molecule has 0 saturated heterocycles. The minimum absolute atomic E-state index is 0.216. The fourth-order valence-corrected chi connectivity index (χ4v) is 9.51. The Morgan fingerprint density at radius 2 is 0.806 bits per heavy atom. The van der Waals surface area contributed by atoms with Gasteiger partial charge in [-0.2, -0.15) is 0 Å². The first kappa shape index (κ1) is 59.3. The molecule has 8 unspecified atom stereocenters. The molecule has 0 spiro atoms. The summed E-state index contributed by atoms with van der Waals surface area (Å²) in [6, 6.07) is -1.15. The second-order valence-corrected chi connectivity index (χ2v) is 20.0. The van der Waals surface area contributed by atoms with Gasteiger partial charge >= 0.3 is 7.82 Å². The average Bonchev–Trinajstić information content (AvgIpc) is 3.24. The van der Waals surface area contributed by atoms with E-state index in [2.05, 4.69) is 19.2 Å². The van der Waals surface area contributed by atoms with Gasteiger partial charge in [-0.25, -0.2) is 4.57 Å². The van der Waals surface area contributed by atoms with E-state index in [1.807, 2.05) is 0 Å². The van der Waals surface area contributed by atoms with Crippen LogP contribution in [0, 0.1) is 0 Å². The van der Waals surface area contributed by atoms with Gasteiger partial charge in [-0.3, -0.25) is 13.8 Å². The van der Waals surface area contributed by atoms with Crippen molar-refractivity contribution in [2.24, 2.45) is 0 Å². The first-order chi connectivity index (χ1) is 29.8. The van der Waals surface area contributed by atoms with E-state index in [4.69, 9.17) is 9.05 Å². The third-order valence-electron chi connectivity index (χ3n) is 12.7. The molecule has 1 rings (SSSR count). The van der Waals surface area contributed by atoms with E-state index in [-0.39, 0.29) is 12.8 Å². The SMILES string of the molecule is CCCCCCCCCCCCCCCCCCCCC(O)C(COP(=O)(O)OC1C(O)C(O)C(O)C(O)C1O)NC(=O)CC(O)CCCCCCCCCCCCCCCC. The van der Waals surface area contributed by atoms with Gasteiger partial charge in [-0.1, -0.05) is 219 Å². The highest BCUT2D eigenvalue weighted by atomic mass is 31.2. The molecule has 1 amide bonds. The number of aliphatic hydroxyl groups excluding tert-OH is 7. The lowest BCUT2D eigenvalue weighted by atomic mass is 9.85. The maximum Gasteiger partial charge on any atom is 0.472 e. The molecule has 62 heavy (non-hydrogen) atoms. The standard InChI is InChI=1S/C48H96NO12P/c1-3-5-7-9-11-13-15-17-19-20-21-22-24-26-28-30-32-34-36-41(51)40(38-60-62(58,59)61-48-46(56)44(54)43(53)45(55)47(48)57)49-42(52)37-39(50)35-33-31-29-27-25-23-18-16-14-12-10-8-6-4-2/h39-41,43-48,50-51,53-57H,3-38H2,1-2H3,(H,49,52)(H,58,59). The Bertz CT molecular complexity index is 1070. The van der Waals surface area contributed by atoms with Crippen molar-refractivity contribution in [1.82, 2.24) is 5.32 Å². The summed E-state index contributed by atoms with van der Waals surface area (Å²) in [7, 11) is -5.11. The lowest BCUT2D eigenvalue weighted by Crippen LogP contribution is -2.64. The Labute approximate surface area is 377 Å². The fourth-order valence-electron chi connectivity index (χ4n) is 8.54. The molecule has 1 saturated carbocycles. The van der Waals surface area contributed by atoms with Gasteiger partial charge in [0, 0.05) is 0 Å². The number of phosphoric acid groups is 1. The van der Waals surface area contributed by atoms with Gasteiger partial charge in [0.2, 0.25) is 5.91 Å². The second kappa shape index (κ2) is 38.4. The summed E-state index contributed by atoms with van der Waals surface area (Å²) in [6.07, 6.45) is 25.7. The van der Waals surface area contributed by atoms with Crippen molar-refractivity contribution in [3.05, 3.63) is 0 Å². The van der Waals surface area contributed by atoms with Gasteiger partial charge in [0.15, 0.2) is 0 Å². The topological polar surface area (TPSA) is 226 Å². The normalized spacial score (nSPS) is 22.9. The first-order valence-corrected chi connectivity index (χ1v) is 27.1. The van der Waals surface area contributed by atoms with E-state index in [1.165, 1.54) is 148 Å². The van der Waals surface area contributed by atoms with Crippen molar-refractivity contribution < 1.29 is 59.0 Å². The number of hydrogen-bond donors (Lipinski definition) is 9. The van der Waals surface area contributed by atoms with Gasteiger partial charge in [-0.15, -0.1) is 0 Å². The first-order valence-electron chi connectivity index (χ1n) is 25.6. The van der Waals surface area contributed by atoms with Crippen molar-refractivity contribution in [3.8, 4) is 0 Å². The van der Waals surface area contributed by atoms with E-state index < -0.39 is 75.2 Å². The molecule has 0 bridgehead atoms. The molecule has 1 aliphatic rings. The molecule has 0 radical (unpaired) electrons. The third-order valence-corrected chi connectivity index (χ3v) is 13.7. The molecule has 14 heteroatoms. The maximum absolute atomic E-state index is 13.0. The molecule has 0 aromatic heterocycles. The molecule has 1 aliphatic carbocycles. The van der Waals surface area contributed by atoms with Crippen LogP contribution in [0.2, 0.25) is 0 Å². The molecular weight excluding hydrogens is 813 g/mol. The zero-order valence-electron chi connectivity index (χ0n) is 39.3. The fraction of sp³-hybridized carbons (Fsp3) is 0.979. The van der Waals surface area contributed by atoms with E-state index in [9.17, 15) is 50.0 Å².